The first kappa shape index (κ1) is 11.1. The van der Waals surface area contributed by atoms with E-state index in [2.05, 4.69) is 5.32 Å². The van der Waals surface area contributed by atoms with E-state index in [1.54, 1.807) is 0 Å². The van der Waals surface area contributed by atoms with Crippen LogP contribution in [0.5, 0.6) is 0 Å². The number of nitrogens with zero attached hydrogens (tertiary/aromatic N) is 1. The molecule has 0 saturated carbocycles. The first-order chi connectivity index (χ1) is 7.74. The minimum Gasteiger partial charge on any atom is -0.334 e. The highest BCUT2D eigenvalue weighted by molar-refractivity contribution is 5.96. The zero-order valence-corrected chi connectivity index (χ0v) is 9.86. The molecule has 1 aromatic rings. The van der Waals surface area contributed by atoms with Crippen molar-refractivity contribution in [1.82, 2.24) is 10.2 Å². The molecule has 1 heterocycles. The standard InChI is InChI=1S/C13H18N2O/c1-10-5-3-4-6-12(10)13(16)15-8-7-11(15)9-14-2/h3-6,11,14H,7-9H2,1-2H3. The second-order valence-corrected chi connectivity index (χ2v) is 4.31. The third-order valence-electron chi connectivity index (χ3n) is 3.22. The maximum absolute atomic E-state index is 12.2. The zero-order valence-electron chi connectivity index (χ0n) is 9.86. The highest BCUT2D eigenvalue weighted by Crippen LogP contribution is 2.21. The SMILES string of the molecule is CNCC1CCN1C(=O)c1ccccc1C. The Bertz CT molecular complexity index is 389. The minimum atomic E-state index is 0.171. The van der Waals surface area contributed by atoms with Gasteiger partial charge in [-0.1, -0.05) is 18.2 Å². The van der Waals surface area contributed by atoms with Gasteiger partial charge in [0.15, 0.2) is 0 Å². The normalized spacial score (nSPS) is 19.4. The summed E-state index contributed by atoms with van der Waals surface area (Å²) >= 11 is 0. The van der Waals surface area contributed by atoms with Gasteiger partial charge in [0.25, 0.3) is 5.91 Å². The van der Waals surface area contributed by atoms with Gasteiger partial charge in [-0.25, -0.2) is 0 Å². The van der Waals surface area contributed by atoms with Gasteiger partial charge in [-0.2, -0.15) is 0 Å². The van der Waals surface area contributed by atoms with Crippen LogP contribution in [-0.2, 0) is 0 Å². The van der Waals surface area contributed by atoms with E-state index in [4.69, 9.17) is 0 Å². The molecule has 2 rings (SSSR count). The first-order valence-corrected chi connectivity index (χ1v) is 5.75. The number of nitrogens with one attached hydrogen (secondary N) is 1. The summed E-state index contributed by atoms with van der Waals surface area (Å²) in [7, 11) is 1.93. The lowest BCUT2D eigenvalue weighted by molar-refractivity contribution is 0.0467. The maximum Gasteiger partial charge on any atom is 0.254 e. The fourth-order valence-electron chi connectivity index (χ4n) is 2.12. The van der Waals surface area contributed by atoms with E-state index in [0.717, 1.165) is 30.6 Å². The summed E-state index contributed by atoms with van der Waals surface area (Å²) in [6, 6.07) is 8.16. The van der Waals surface area contributed by atoms with E-state index in [-0.39, 0.29) is 5.91 Å². The number of hydrogen-bond acceptors (Lipinski definition) is 2. The predicted molar refractivity (Wildman–Crippen MR) is 64.5 cm³/mol. The van der Waals surface area contributed by atoms with Gasteiger partial charge >= 0.3 is 0 Å². The van der Waals surface area contributed by atoms with E-state index >= 15 is 0 Å². The van der Waals surface area contributed by atoms with Crippen molar-refractivity contribution in [2.75, 3.05) is 20.1 Å². The van der Waals surface area contributed by atoms with Crippen molar-refractivity contribution in [2.24, 2.45) is 0 Å². The van der Waals surface area contributed by atoms with Crippen molar-refractivity contribution in [1.29, 1.82) is 0 Å². The third-order valence-corrected chi connectivity index (χ3v) is 3.22. The van der Waals surface area contributed by atoms with E-state index in [1.165, 1.54) is 0 Å². The number of carbonyl (C=O) groups excluding carboxylic acids is 1. The largest absolute Gasteiger partial charge is 0.334 e. The third kappa shape index (κ3) is 1.95. The lowest BCUT2D eigenvalue weighted by Gasteiger charge is -2.41. The van der Waals surface area contributed by atoms with Crippen LogP contribution in [0.1, 0.15) is 22.3 Å². The highest BCUT2D eigenvalue weighted by atomic mass is 16.2. The summed E-state index contributed by atoms with van der Waals surface area (Å²) in [4.78, 5) is 14.2. The molecule has 0 radical (unpaired) electrons. The van der Waals surface area contributed by atoms with Crippen LogP contribution in [0.2, 0.25) is 0 Å². The number of amides is 1. The molecule has 86 valence electrons. The predicted octanol–water partition coefficient (Wildman–Crippen LogP) is 1.43. The van der Waals surface area contributed by atoms with Gasteiger partial charge in [-0.3, -0.25) is 4.79 Å². The molecular formula is C13H18N2O. The van der Waals surface area contributed by atoms with Gasteiger partial charge in [0.2, 0.25) is 0 Å². The quantitative estimate of drug-likeness (QED) is 0.832. The molecule has 1 atom stereocenters. The van der Waals surface area contributed by atoms with Gasteiger partial charge in [0.1, 0.15) is 0 Å². The second kappa shape index (κ2) is 4.66. The van der Waals surface area contributed by atoms with Crippen LogP contribution in [0, 0.1) is 6.92 Å². The Labute approximate surface area is 96.5 Å². The average molecular weight is 218 g/mol. The van der Waals surface area contributed by atoms with Gasteiger partial charge in [0, 0.05) is 24.7 Å². The van der Waals surface area contributed by atoms with Gasteiger partial charge in [-0.15, -0.1) is 0 Å². The number of aryl methyl sites for hydroxylation is 1. The molecule has 1 amide bonds. The van der Waals surface area contributed by atoms with Gasteiger partial charge in [-0.05, 0) is 32.0 Å². The topological polar surface area (TPSA) is 32.3 Å². The Balaban J connectivity index is 2.11. The maximum atomic E-state index is 12.2. The molecule has 3 nitrogen and oxygen atoms in total. The van der Waals surface area contributed by atoms with Crippen LogP contribution in [0.25, 0.3) is 0 Å². The molecule has 1 aliphatic rings. The van der Waals surface area contributed by atoms with E-state index in [0.29, 0.717) is 6.04 Å². The second-order valence-electron chi connectivity index (χ2n) is 4.31. The van der Waals surface area contributed by atoms with Crippen molar-refractivity contribution < 1.29 is 4.79 Å². The van der Waals surface area contributed by atoms with Crippen LogP contribution in [0.3, 0.4) is 0 Å². The lowest BCUT2D eigenvalue weighted by Crippen LogP contribution is -2.55. The van der Waals surface area contributed by atoms with E-state index in [9.17, 15) is 4.79 Å². The Hall–Kier alpha value is -1.35. The van der Waals surface area contributed by atoms with Crippen molar-refractivity contribution in [3.8, 4) is 0 Å². The molecule has 0 aromatic heterocycles. The monoisotopic (exact) mass is 218 g/mol. The van der Waals surface area contributed by atoms with Crippen LogP contribution in [0.4, 0.5) is 0 Å². The number of likely N-dealkylation sites (N-methyl/N-ethyl adjacent to an activating group) is 1. The molecule has 1 saturated heterocycles. The fourth-order valence-corrected chi connectivity index (χ4v) is 2.12. The highest BCUT2D eigenvalue weighted by Gasteiger charge is 2.32. The van der Waals surface area contributed by atoms with Gasteiger partial charge < -0.3 is 10.2 Å². The molecule has 1 unspecified atom stereocenters. The van der Waals surface area contributed by atoms with Crippen molar-refractivity contribution in [3.05, 3.63) is 35.4 Å². The molecule has 3 heteroatoms. The smallest absolute Gasteiger partial charge is 0.254 e. The number of likely N-dealkylation sites (tertiary alicyclic amines) is 1. The molecule has 1 aromatic carbocycles. The van der Waals surface area contributed by atoms with E-state index in [1.807, 2.05) is 43.1 Å². The number of rotatable bonds is 3. The fraction of sp³-hybridized carbons (Fsp3) is 0.462. The minimum absolute atomic E-state index is 0.171. The van der Waals surface area contributed by atoms with Crippen molar-refractivity contribution in [3.63, 3.8) is 0 Å². The van der Waals surface area contributed by atoms with Crippen LogP contribution in [0.15, 0.2) is 24.3 Å². The number of hydrogen-bond donors (Lipinski definition) is 1. The average Bonchev–Trinajstić information content (AvgIpc) is 2.25. The van der Waals surface area contributed by atoms with E-state index < -0.39 is 0 Å². The molecule has 1 fully saturated rings. The summed E-state index contributed by atoms with van der Waals surface area (Å²) in [5, 5.41) is 3.13. The van der Waals surface area contributed by atoms with Crippen molar-refractivity contribution >= 4 is 5.91 Å². The van der Waals surface area contributed by atoms with Crippen LogP contribution < -0.4 is 5.32 Å². The first-order valence-electron chi connectivity index (χ1n) is 5.75. The van der Waals surface area contributed by atoms with Gasteiger partial charge in [0.05, 0.1) is 0 Å². The Kier molecular flexibility index (Phi) is 3.25. The molecular weight excluding hydrogens is 200 g/mol. The number of benzene rings is 1. The lowest BCUT2D eigenvalue weighted by atomic mass is 9.99. The Morgan fingerprint density at radius 2 is 2.25 bits per heavy atom. The molecule has 1 aliphatic heterocycles. The summed E-state index contributed by atoms with van der Waals surface area (Å²) in [6.07, 6.45) is 1.11. The summed E-state index contributed by atoms with van der Waals surface area (Å²) in [5.41, 5.74) is 1.89. The molecule has 1 N–H and O–H groups in total. The molecule has 0 spiro atoms. The zero-order chi connectivity index (χ0) is 11.5. The van der Waals surface area contributed by atoms with Crippen LogP contribution >= 0.6 is 0 Å². The Morgan fingerprint density at radius 3 is 2.81 bits per heavy atom. The Morgan fingerprint density at radius 1 is 1.50 bits per heavy atom. The number of carbonyl (C=O) groups is 1. The molecule has 0 aliphatic carbocycles. The van der Waals surface area contributed by atoms with Crippen LogP contribution in [-0.4, -0.2) is 37.0 Å². The summed E-state index contributed by atoms with van der Waals surface area (Å²) in [6.45, 7) is 3.76. The summed E-state index contributed by atoms with van der Waals surface area (Å²) in [5.74, 6) is 0.171. The summed E-state index contributed by atoms with van der Waals surface area (Å²) < 4.78 is 0. The molecule has 0 bridgehead atoms. The van der Waals surface area contributed by atoms with Crippen molar-refractivity contribution in [2.45, 2.75) is 19.4 Å². The molecule has 16 heavy (non-hydrogen) atoms.